The Morgan fingerprint density at radius 2 is 1.58 bits per heavy atom. The molecule has 0 aliphatic heterocycles. The largest absolute Gasteiger partial charge is 0.508 e. The highest BCUT2D eigenvalue weighted by Crippen LogP contribution is 2.30. The fraction of sp³-hybridized carbons (Fsp3) is 0.565. The average molecular weight is 466 g/mol. The van der Waals surface area contributed by atoms with Crippen LogP contribution in [0, 0.1) is 0 Å². The van der Waals surface area contributed by atoms with Crippen molar-refractivity contribution >= 4 is 23.9 Å². The first kappa shape index (κ1) is 27.7. The number of benzene rings is 1. The normalized spacial score (nSPS) is 13.3. The van der Waals surface area contributed by atoms with E-state index in [-0.39, 0.29) is 12.3 Å². The molecule has 0 spiro atoms. The topological polar surface area (TPSA) is 134 Å². The van der Waals surface area contributed by atoms with Crippen molar-refractivity contribution in [1.82, 2.24) is 15.5 Å². The third-order valence-corrected chi connectivity index (χ3v) is 4.41. The Bertz CT molecular complexity index is 854. The van der Waals surface area contributed by atoms with Crippen LogP contribution in [0.3, 0.4) is 0 Å². The van der Waals surface area contributed by atoms with Crippen LogP contribution in [0.4, 0.5) is 4.79 Å². The Morgan fingerprint density at radius 1 is 1.03 bits per heavy atom. The van der Waals surface area contributed by atoms with Gasteiger partial charge in [0.25, 0.3) is 0 Å². The number of phenols is 1. The quantitative estimate of drug-likeness (QED) is 0.526. The zero-order chi connectivity index (χ0) is 25.6. The number of esters is 1. The minimum atomic E-state index is -1.16. The maximum absolute atomic E-state index is 13.5. The first-order valence-corrected chi connectivity index (χ1v) is 10.5. The third-order valence-electron chi connectivity index (χ3n) is 4.41. The lowest BCUT2D eigenvalue weighted by Gasteiger charge is -2.42. The lowest BCUT2D eigenvalue weighted by Crippen LogP contribution is -2.58. The Hall–Kier alpha value is -3.30. The molecule has 0 saturated heterocycles. The number of ether oxygens (including phenoxy) is 2. The summed E-state index contributed by atoms with van der Waals surface area (Å²) >= 11 is 0. The van der Waals surface area contributed by atoms with Gasteiger partial charge in [0.05, 0.1) is 7.11 Å². The van der Waals surface area contributed by atoms with Gasteiger partial charge in [-0.1, -0.05) is 12.1 Å². The van der Waals surface area contributed by atoms with Crippen molar-refractivity contribution in [3.63, 3.8) is 0 Å². The molecule has 0 aliphatic carbocycles. The number of hydrogen-bond acceptors (Lipinski definition) is 7. The van der Waals surface area contributed by atoms with Crippen LogP contribution in [0.2, 0.25) is 0 Å². The van der Waals surface area contributed by atoms with E-state index < -0.39 is 47.1 Å². The molecule has 33 heavy (non-hydrogen) atoms. The van der Waals surface area contributed by atoms with Crippen molar-refractivity contribution in [2.24, 2.45) is 0 Å². The predicted molar refractivity (Wildman–Crippen MR) is 121 cm³/mol. The molecule has 0 bridgehead atoms. The summed E-state index contributed by atoms with van der Waals surface area (Å²) in [6.07, 6.45) is -0.770. The summed E-state index contributed by atoms with van der Waals surface area (Å²) in [5.41, 5.74) is -1.21. The molecule has 3 amide bonds. The lowest BCUT2D eigenvalue weighted by molar-refractivity contribution is -0.149. The zero-order valence-corrected chi connectivity index (χ0v) is 20.5. The summed E-state index contributed by atoms with van der Waals surface area (Å²) in [5, 5.41) is 14.7. The van der Waals surface area contributed by atoms with E-state index >= 15 is 0 Å². The molecule has 10 heteroatoms. The Kier molecular flexibility index (Phi) is 9.26. The van der Waals surface area contributed by atoms with E-state index in [9.17, 15) is 24.3 Å². The number of nitrogens with zero attached hydrogens (tertiary/aromatic N) is 1. The van der Waals surface area contributed by atoms with Gasteiger partial charge in [-0.25, -0.2) is 4.79 Å². The number of nitrogens with one attached hydrogen (secondary N) is 2. The highest BCUT2D eigenvalue weighted by atomic mass is 16.6. The van der Waals surface area contributed by atoms with Gasteiger partial charge in [0, 0.05) is 5.54 Å². The summed E-state index contributed by atoms with van der Waals surface area (Å²) in [7, 11) is 1.20. The molecule has 0 radical (unpaired) electrons. The van der Waals surface area contributed by atoms with Crippen molar-refractivity contribution in [2.75, 3.05) is 13.7 Å². The highest BCUT2D eigenvalue weighted by Gasteiger charge is 2.40. The van der Waals surface area contributed by atoms with Crippen LogP contribution in [-0.4, -0.2) is 64.7 Å². The van der Waals surface area contributed by atoms with Crippen LogP contribution < -0.4 is 10.6 Å². The molecule has 0 heterocycles. The minimum Gasteiger partial charge on any atom is -0.508 e. The molecule has 0 fully saturated rings. The molecular formula is C23H35N3O7. The summed E-state index contributed by atoms with van der Waals surface area (Å²) in [4.78, 5) is 51.8. The molecule has 1 aromatic carbocycles. The monoisotopic (exact) mass is 465 g/mol. The van der Waals surface area contributed by atoms with Gasteiger partial charge in [0.1, 0.15) is 30.0 Å². The number of amides is 3. The molecule has 1 aromatic rings. The van der Waals surface area contributed by atoms with Crippen LogP contribution in [0.5, 0.6) is 5.75 Å². The van der Waals surface area contributed by atoms with Gasteiger partial charge >= 0.3 is 12.1 Å². The molecule has 0 aromatic heterocycles. The van der Waals surface area contributed by atoms with E-state index in [4.69, 9.17) is 4.74 Å². The number of methoxy groups -OCH3 is 1. The van der Waals surface area contributed by atoms with Crippen LogP contribution >= 0.6 is 0 Å². The molecule has 1 rings (SSSR count). The Balaban J connectivity index is 3.35. The van der Waals surface area contributed by atoms with Crippen molar-refractivity contribution in [2.45, 2.75) is 71.7 Å². The smallest absolute Gasteiger partial charge is 0.408 e. The van der Waals surface area contributed by atoms with Gasteiger partial charge in [0.2, 0.25) is 11.8 Å². The van der Waals surface area contributed by atoms with Crippen LogP contribution in [-0.2, 0) is 23.9 Å². The molecule has 2 unspecified atom stereocenters. The van der Waals surface area contributed by atoms with E-state index in [0.717, 1.165) is 0 Å². The second-order valence-electron chi connectivity index (χ2n) is 9.53. The molecule has 10 nitrogen and oxygen atoms in total. The van der Waals surface area contributed by atoms with Gasteiger partial charge in [-0.3, -0.25) is 14.4 Å². The molecule has 2 atom stereocenters. The number of aromatic hydroxyl groups is 1. The summed E-state index contributed by atoms with van der Waals surface area (Å²) in [6, 6.07) is 3.62. The van der Waals surface area contributed by atoms with Gasteiger partial charge in [-0.2, -0.15) is 0 Å². The molecule has 184 valence electrons. The van der Waals surface area contributed by atoms with E-state index in [1.54, 1.807) is 41.5 Å². The summed E-state index contributed by atoms with van der Waals surface area (Å²) < 4.78 is 9.80. The predicted octanol–water partition coefficient (Wildman–Crippen LogP) is 2.26. The van der Waals surface area contributed by atoms with Gasteiger partial charge in [-0.05, 0) is 66.2 Å². The maximum atomic E-state index is 13.5. The second-order valence-corrected chi connectivity index (χ2v) is 9.53. The lowest BCUT2D eigenvalue weighted by atomic mass is 9.95. The summed E-state index contributed by atoms with van der Waals surface area (Å²) in [6.45, 7) is 11.4. The van der Waals surface area contributed by atoms with E-state index in [1.165, 1.54) is 43.2 Å². The maximum Gasteiger partial charge on any atom is 0.408 e. The van der Waals surface area contributed by atoms with Crippen LogP contribution in [0.25, 0.3) is 0 Å². The Morgan fingerprint density at radius 3 is 2.03 bits per heavy atom. The van der Waals surface area contributed by atoms with Crippen molar-refractivity contribution in [1.29, 1.82) is 0 Å². The Labute approximate surface area is 194 Å². The van der Waals surface area contributed by atoms with Crippen molar-refractivity contribution < 1.29 is 33.8 Å². The van der Waals surface area contributed by atoms with E-state index in [2.05, 4.69) is 15.4 Å². The van der Waals surface area contributed by atoms with Crippen molar-refractivity contribution in [3.05, 3.63) is 29.8 Å². The number of hydrogen-bond donors (Lipinski definition) is 3. The highest BCUT2D eigenvalue weighted by molar-refractivity contribution is 5.93. The molecular weight excluding hydrogens is 430 g/mol. The third kappa shape index (κ3) is 8.63. The van der Waals surface area contributed by atoms with Gasteiger partial charge in [-0.15, -0.1) is 0 Å². The van der Waals surface area contributed by atoms with Crippen molar-refractivity contribution in [3.8, 4) is 5.75 Å². The SMILES string of the molecule is COC(=O)CNC(=O)C(c1ccc(O)cc1)N(C(=O)C(C)NC(=O)OC(C)(C)C)C(C)(C)C. The first-order valence-electron chi connectivity index (χ1n) is 10.5. The number of phenolic OH excluding ortho intramolecular Hbond substituents is 1. The van der Waals surface area contributed by atoms with Crippen LogP contribution in [0.1, 0.15) is 60.1 Å². The fourth-order valence-corrected chi connectivity index (χ4v) is 3.00. The molecule has 0 saturated carbocycles. The fourth-order valence-electron chi connectivity index (χ4n) is 3.00. The van der Waals surface area contributed by atoms with Gasteiger partial charge in [0.15, 0.2) is 0 Å². The first-order chi connectivity index (χ1) is 15.1. The second kappa shape index (κ2) is 11.0. The zero-order valence-electron chi connectivity index (χ0n) is 20.5. The molecule has 3 N–H and O–H groups in total. The number of alkyl carbamates (subject to hydrolysis) is 1. The van der Waals surface area contributed by atoms with Gasteiger partial charge < -0.3 is 30.1 Å². The summed E-state index contributed by atoms with van der Waals surface area (Å²) in [5.74, 6) is -1.83. The van der Waals surface area contributed by atoms with E-state index in [0.29, 0.717) is 5.56 Å². The standard InChI is InChI=1S/C23H35N3O7/c1-14(25-21(31)33-23(5,6)7)20(30)26(22(2,3)4)18(15-9-11-16(27)12-10-15)19(29)24-13-17(28)32-8/h9-12,14,18,27H,13H2,1-8H3,(H,24,29)(H,25,31). The van der Waals surface area contributed by atoms with Crippen LogP contribution in [0.15, 0.2) is 24.3 Å². The number of rotatable bonds is 7. The number of carbonyl (C=O) groups is 4. The average Bonchev–Trinajstić information content (AvgIpc) is 2.67. The number of carbonyl (C=O) groups excluding carboxylic acids is 4. The minimum absolute atomic E-state index is 0.0129. The molecule has 0 aliphatic rings. The van der Waals surface area contributed by atoms with E-state index in [1.807, 2.05) is 0 Å².